The van der Waals surface area contributed by atoms with Crippen LogP contribution in [-0.4, -0.2) is 19.3 Å². The Bertz CT molecular complexity index is 729. The predicted octanol–water partition coefficient (Wildman–Crippen LogP) is 3.46. The molecule has 1 heterocycles. The predicted molar refractivity (Wildman–Crippen MR) is 78.2 cm³/mol. The molecule has 2 aromatic carbocycles. The van der Waals surface area contributed by atoms with Gasteiger partial charge in [-0.1, -0.05) is 24.3 Å². The molecule has 0 saturated carbocycles. The van der Waals surface area contributed by atoms with E-state index in [2.05, 4.69) is 10.1 Å². The van der Waals surface area contributed by atoms with Gasteiger partial charge in [-0.2, -0.15) is 0 Å². The van der Waals surface area contributed by atoms with Crippen LogP contribution in [0.2, 0.25) is 0 Å². The van der Waals surface area contributed by atoms with Crippen LogP contribution in [0.25, 0.3) is 0 Å². The number of amides is 1. The molecule has 0 bridgehead atoms. The van der Waals surface area contributed by atoms with Crippen molar-refractivity contribution >= 4 is 11.6 Å². The van der Waals surface area contributed by atoms with E-state index in [9.17, 15) is 18.0 Å². The van der Waals surface area contributed by atoms with Gasteiger partial charge in [-0.3, -0.25) is 4.79 Å². The van der Waals surface area contributed by atoms with Gasteiger partial charge in [-0.25, -0.2) is 0 Å². The molecule has 23 heavy (non-hydrogen) atoms. The third-order valence-corrected chi connectivity index (χ3v) is 3.61. The summed E-state index contributed by atoms with van der Waals surface area (Å²) in [6, 6.07) is 12.6. The number of rotatable bonds is 2. The van der Waals surface area contributed by atoms with Crippen LogP contribution in [0.15, 0.2) is 48.5 Å². The quantitative estimate of drug-likeness (QED) is 0.920. The zero-order valence-corrected chi connectivity index (χ0v) is 12.1. The summed E-state index contributed by atoms with van der Waals surface area (Å²) in [5, 5.41) is 2.83. The van der Waals surface area contributed by atoms with Crippen molar-refractivity contribution in [2.24, 2.45) is 0 Å². The second-order valence-corrected chi connectivity index (χ2v) is 5.12. The number of halogens is 3. The molecule has 120 valence electrons. The van der Waals surface area contributed by atoms with Crippen molar-refractivity contribution in [2.75, 3.05) is 11.9 Å². The highest BCUT2D eigenvalue weighted by atomic mass is 19.4. The van der Waals surface area contributed by atoms with Gasteiger partial charge in [0.25, 0.3) is 5.91 Å². The van der Waals surface area contributed by atoms with E-state index in [1.165, 1.54) is 24.3 Å². The van der Waals surface area contributed by atoms with E-state index in [1.807, 2.05) is 24.1 Å². The fourth-order valence-electron chi connectivity index (χ4n) is 2.57. The molecule has 1 aliphatic rings. The van der Waals surface area contributed by atoms with Gasteiger partial charge in [0, 0.05) is 7.05 Å². The molecular weight excluding hydrogens is 309 g/mol. The van der Waals surface area contributed by atoms with Gasteiger partial charge in [0.2, 0.25) is 0 Å². The summed E-state index contributed by atoms with van der Waals surface area (Å²) >= 11 is 0. The van der Waals surface area contributed by atoms with Crippen LogP contribution in [0.1, 0.15) is 22.1 Å². The maximum atomic E-state index is 12.2. The molecule has 4 nitrogen and oxygen atoms in total. The average Bonchev–Trinajstić information content (AvgIpc) is 2.50. The van der Waals surface area contributed by atoms with E-state index in [0.717, 1.165) is 5.69 Å². The van der Waals surface area contributed by atoms with E-state index >= 15 is 0 Å². The minimum Gasteiger partial charge on any atom is -0.406 e. The van der Waals surface area contributed by atoms with Gasteiger partial charge in [0.05, 0.1) is 11.3 Å². The molecule has 0 radical (unpaired) electrons. The lowest BCUT2D eigenvalue weighted by Crippen LogP contribution is -2.44. The Morgan fingerprint density at radius 3 is 2.39 bits per heavy atom. The largest absolute Gasteiger partial charge is 0.573 e. The number of ether oxygens (including phenoxy) is 1. The minimum atomic E-state index is -4.73. The maximum Gasteiger partial charge on any atom is 0.573 e. The normalized spacial score (nSPS) is 17.5. The third-order valence-electron chi connectivity index (χ3n) is 3.61. The van der Waals surface area contributed by atoms with Gasteiger partial charge >= 0.3 is 6.36 Å². The van der Waals surface area contributed by atoms with Crippen molar-refractivity contribution < 1.29 is 22.7 Å². The summed E-state index contributed by atoms with van der Waals surface area (Å²) in [5.74, 6) is -0.522. The highest BCUT2D eigenvalue weighted by Crippen LogP contribution is 2.32. The molecule has 1 atom stereocenters. The number of hydrogen-bond donors (Lipinski definition) is 1. The van der Waals surface area contributed by atoms with Crippen LogP contribution in [-0.2, 0) is 0 Å². The lowest BCUT2D eigenvalue weighted by atomic mass is 10.0. The van der Waals surface area contributed by atoms with Gasteiger partial charge in [0.15, 0.2) is 0 Å². The number of nitrogens with zero attached hydrogens (tertiary/aromatic N) is 1. The molecule has 0 aromatic heterocycles. The van der Waals surface area contributed by atoms with E-state index in [0.29, 0.717) is 11.1 Å². The van der Waals surface area contributed by atoms with Crippen LogP contribution in [0.3, 0.4) is 0 Å². The Labute approximate surface area is 130 Å². The molecule has 0 fully saturated rings. The smallest absolute Gasteiger partial charge is 0.406 e. The van der Waals surface area contributed by atoms with E-state index < -0.39 is 12.5 Å². The molecule has 0 aliphatic carbocycles. The average molecular weight is 322 g/mol. The SMILES string of the molecule is CN1c2ccccc2C(=O)NC1c1ccc(OC(F)(F)F)cc1. The van der Waals surface area contributed by atoms with Crippen LogP contribution in [0.5, 0.6) is 5.75 Å². The van der Waals surface area contributed by atoms with Gasteiger partial charge in [-0.15, -0.1) is 13.2 Å². The van der Waals surface area contributed by atoms with Gasteiger partial charge in [0.1, 0.15) is 11.9 Å². The summed E-state index contributed by atoms with van der Waals surface area (Å²) in [6.07, 6.45) is -5.19. The number of carbonyl (C=O) groups is 1. The lowest BCUT2D eigenvalue weighted by Gasteiger charge is -2.36. The van der Waals surface area contributed by atoms with Crippen molar-refractivity contribution in [3.63, 3.8) is 0 Å². The fourth-order valence-corrected chi connectivity index (χ4v) is 2.57. The van der Waals surface area contributed by atoms with E-state index in [1.54, 1.807) is 12.1 Å². The van der Waals surface area contributed by atoms with Crippen LogP contribution in [0.4, 0.5) is 18.9 Å². The van der Waals surface area contributed by atoms with Gasteiger partial charge in [-0.05, 0) is 29.8 Å². The number of anilines is 1. The molecule has 1 N–H and O–H groups in total. The molecule has 1 amide bonds. The molecular formula is C16H13F3N2O2. The first-order valence-corrected chi connectivity index (χ1v) is 6.83. The molecule has 1 aliphatic heterocycles. The number of alkyl halides is 3. The van der Waals surface area contributed by atoms with E-state index in [-0.39, 0.29) is 11.7 Å². The van der Waals surface area contributed by atoms with Crippen LogP contribution >= 0.6 is 0 Å². The van der Waals surface area contributed by atoms with Crippen molar-refractivity contribution in [2.45, 2.75) is 12.5 Å². The Morgan fingerprint density at radius 1 is 1.09 bits per heavy atom. The minimum absolute atomic E-state index is 0.223. The number of benzene rings is 2. The third kappa shape index (κ3) is 3.08. The zero-order valence-electron chi connectivity index (χ0n) is 12.1. The molecule has 2 aromatic rings. The molecule has 1 unspecified atom stereocenters. The Hall–Kier alpha value is -2.70. The van der Waals surface area contributed by atoms with Gasteiger partial charge < -0.3 is 15.0 Å². The summed E-state index contributed by atoms with van der Waals surface area (Å²) in [6.45, 7) is 0. The summed E-state index contributed by atoms with van der Waals surface area (Å²) < 4.78 is 40.4. The number of hydrogen-bond acceptors (Lipinski definition) is 3. The number of para-hydroxylation sites is 1. The van der Waals surface area contributed by atoms with Crippen molar-refractivity contribution in [1.29, 1.82) is 0 Å². The molecule has 3 rings (SSSR count). The Kier molecular flexibility index (Phi) is 3.63. The van der Waals surface area contributed by atoms with Crippen LogP contribution < -0.4 is 15.0 Å². The summed E-state index contributed by atoms with van der Waals surface area (Å²) in [7, 11) is 1.81. The maximum absolute atomic E-state index is 12.2. The first kappa shape index (κ1) is 15.2. The lowest BCUT2D eigenvalue weighted by molar-refractivity contribution is -0.274. The molecule has 7 heteroatoms. The summed E-state index contributed by atoms with van der Waals surface area (Å²) in [4.78, 5) is 14.0. The summed E-state index contributed by atoms with van der Waals surface area (Å²) in [5.41, 5.74) is 1.98. The second kappa shape index (κ2) is 5.49. The number of nitrogens with one attached hydrogen (secondary N) is 1. The number of fused-ring (bicyclic) bond motifs is 1. The molecule has 0 spiro atoms. The van der Waals surface area contributed by atoms with Crippen molar-refractivity contribution in [1.82, 2.24) is 5.32 Å². The van der Waals surface area contributed by atoms with E-state index in [4.69, 9.17) is 0 Å². The first-order valence-electron chi connectivity index (χ1n) is 6.83. The first-order chi connectivity index (χ1) is 10.8. The zero-order chi connectivity index (χ0) is 16.6. The Balaban J connectivity index is 1.87. The second-order valence-electron chi connectivity index (χ2n) is 5.12. The highest BCUT2D eigenvalue weighted by Gasteiger charge is 2.32. The van der Waals surface area contributed by atoms with Crippen molar-refractivity contribution in [3.8, 4) is 5.75 Å². The molecule has 0 saturated heterocycles. The topological polar surface area (TPSA) is 41.6 Å². The monoisotopic (exact) mass is 322 g/mol. The van der Waals surface area contributed by atoms with Crippen LogP contribution in [0, 0.1) is 0 Å². The van der Waals surface area contributed by atoms with Crippen molar-refractivity contribution in [3.05, 3.63) is 59.7 Å². The Morgan fingerprint density at radius 2 is 1.74 bits per heavy atom. The fraction of sp³-hybridized carbons (Fsp3) is 0.188. The number of carbonyl (C=O) groups excluding carboxylic acids is 1. The standard InChI is InChI=1S/C16H13F3N2O2/c1-21-13-5-3-2-4-12(13)15(22)20-14(21)10-6-8-11(9-7-10)23-16(17,18)19/h2-9,14H,1H3,(H,20,22). The highest BCUT2D eigenvalue weighted by molar-refractivity contribution is 6.01.